The van der Waals surface area contributed by atoms with E-state index in [1.165, 1.54) is 4.90 Å². The van der Waals surface area contributed by atoms with Gasteiger partial charge in [0.25, 0.3) is 5.91 Å². The van der Waals surface area contributed by atoms with Crippen LogP contribution in [0.5, 0.6) is 0 Å². The van der Waals surface area contributed by atoms with Crippen LogP contribution < -0.4 is 10.2 Å². The summed E-state index contributed by atoms with van der Waals surface area (Å²) < 4.78 is 0. The monoisotopic (exact) mass is 327 g/mol. The second kappa shape index (κ2) is 6.21. The highest BCUT2D eigenvalue weighted by molar-refractivity contribution is 7.82. The Hall–Kier alpha value is -2.31. The molecular formula is C16H13N3OS2. The molecule has 0 saturated carbocycles. The highest BCUT2D eigenvalue weighted by Crippen LogP contribution is 2.21. The molecule has 22 heavy (non-hydrogen) atoms. The zero-order valence-electron chi connectivity index (χ0n) is 11.6. The number of nitrogens with zero attached hydrogens (tertiary/aromatic N) is 2. The molecule has 4 nitrogen and oxygen atoms in total. The molecule has 1 saturated heterocycles. The molecule has 1 aliphatic heterocycles. The molecule has 0 spiro atoms. The van der Waals surface area contributed by atoms with E-state index in [-0.39, 0.29) is 12.5 Å². The number of anilines is 2. The van der Waals surface area contributed by atoms with Crippen molar-refractivity contribution in [1.29, 1.82) is 0 Å². The second-order valence-corrected chi connectivity index (χ2v) is 5.48. The van der Waals surface area contributed by atoms with E-state index in [1.807, 2.05) is 60.7 Å². The Morgan fingerprint density at radius 3 is 2.23 bits per heavy atom. The molecule has 3 rings (SSSR count). The van der Waals surface area contributed by atoms with Gasteiger partial charge >= 0.3 is 0 Å². The van der Waals surface area contributed by atoms with E-state index in [9.17, 15) is 4.79 Å². The third-order valence-corrected chi connectivity index (χ3v) is 3.95. The van der Waals surface area contributed by atoms with Crippen LogP contribution in [0.25, 0.3) is 0 Å². The molecule has 110 valence electrons. The first-order chi connectivity index (χ1) is 10.7. The lowest BCUT2D eigenvalue weighted by atomic mass is 10.3. The number of thiocarbonyl (C=S) groups is 2. The van der Waals surface area contributed by atoms with E-state index in [2.05, 4.69) is 5.32 Å². The summed E-state index contributed by atoms with van der Waals surface area (Å²) in [5.74, 6) is -0.137. The molecule has 1 amide bonds. The van der Waals surface area contributed by atoms with E-state index in [0.29, 0.717) is 10.2 Å². The molecule has 2 aromatic carbocycles. The number of hydrogen-bond acceptors (Lipinski definition) is 3. The zero-order chi connectivity index (χ0) is 15.5. The zero-order valence-corrected chi connectivity index (χ0v) is 13.2. The Morgan fingerprint density at radius 1 is 1.00 bits per heavy atom. The van der Waals surface area contributed by atoms with E-state index in [1.54, 1.807) is 4.90 Å². The molecule has 6 heteroatoms. The second-order valence-electron chi connectivity index (χ2n) is 4.73. The Labute approximate surface area is 139 Å². The number of carbonyl (C=O) groups is 1. The molecule has 0 radical (unpaired) electrons. The number of hydrogen-bond donors (Lipinski definition) is 1. The molecule has 1 aliphatic rings. The average molecular weight is 327 g/mol. The third kappa shape index (κ3) is 2.84. The van der Waals surface area contributed by atoms with E-state index in [0.717, 1.165) is 11.4 Å². The maximum atomic E-state index is 12.3. The lowest BCUT2D eigenvalue weighted by Crippen LogP contribution is -2.40. The molecule has 0 unspecified atom stereocenters. The van der Waals surface area contributed by atoms with E-state index >= 15 is 0 Å². The van der Waals surface area contributed by atoms with Gasteiger partial charge in [0.1, 0.15) is 6.54 Å². The van der Waals surface area contributed by atoms with Gasteiger partial charge in [-0.3, -0.25) is 4.79 Å². The first kappa shape index (κ1) is 14.6. The Kier molecular flexibility index (Phi) is 4.13. The summed E-state index contributed by atoms with van der Waals surface area (Å²) in [5, 5.41) is 3.72. The van der Waals surface area contributed by atoms with Crippen molar-refractivity contribution in [3.8, 4) is 0 Å². The molecule has 1 fully saturated rings. The largest absolute Gasteiger partial charge is 0.332 e. The summed E-state index contributed by atoms with van der Waals surface area (Å²) in [6.45, 7) is 0.194. The number of rotatable bonds is 2. The lowest BCUT2D eigenvalue weighted by Gasteiger charge is -2.21. The molecule has 1 N–H and O–H groups in total. The quantitative estimate of drug-likeness (QED) is 0.858. The van der Waals surface area contributed by atoms with Crippen molar-refractivity contribution in [1.82, 2.24) is 4.90 Å². The first-order valence-electron chi connectivity index (χ1n) is 6.72. The van der Waals surface area contributed by atoms with Crippen molar-refractivity contribution in [3.63, 3.8) is 0 Å². The van der Waals surface area contributed by atoms with Crippen LogP contribution in [0.1, 0.15) is 0 Å². The first-order valence-corrected chi connectivity index (χ1v) is 7.54. The number of amides is 1. The smallest absolute Gasteiger partial charge is 0.255 e. The van der Waals surface area contributed by atoms with Gasteiger partial charge in [-0.05, 0) is 48.7 Å². The van der Waals surface area contributed by atoms with Gasteiger partial charge in [0.05, 0.1) is 0 Å². The minimum atomic E-state index is -0.137. The highest BCUT2D eigenvalue weighted by Gasteiger charge is 2.36. The fourth-order valence-corrected chi connectivity index (χ4v) is 2.94. The molecule has 2 aromatic rings. The van der Waals surface area contributed by atoms with Crippen molar-refractivity contribution in [2.45, 2.75) is 0 Å². The summed E-state index contributed by atoms with van der Waals surface area (Å²) in [5.41, 5.74) is 1.70. The minimum Gasteiger partial charge on any atom is -0.332 e. The highest BCUT2D eigenvalue weighted by atomic mass is 32.1. The van der Waals surface area contributed by atoms with Crippen molar-refractivity contribution >= 4 is 51.9 Å². The van der Waals surface area contributed by atoms with Crippen LogP contribution >= 0.6 is 24.4 Å². The van der Waals surface area contributed by atoms with Gasteiger partial charge in [0.2, 0.25) is 0 Å². The molecule has 0 atom stereocenters. The van der Waals surface area contributed by atoms with Gasteiger partial charge in [0, 0.05) is 11.4 Å². The Balaban J connectivity index is 1.78. The SMILES string of the molecule is O=C1CN(c2ccccc2)C(=S)N1C(=S)Nc1ccccc1. The van der Waals surface area contributed by atoms with Gasteiger partial charge in [-0.15, -0.1) is 0 Å². The standard InChI is InChI=1S/C16H13N3OS2/c20-14-11-18(13-9-5-2-6-10-13)16(22)19(14)15(21)17-12-7-3-1-4-8-12/h1-10H,11H2,(H,17,21). The van der Waals surface area contributed by atoms with Crippen LogP contribution in [0, 0.1) is 0 Å². The van der Waals surface area contributed by atoms with Crippen LogP contribution in [-0.2, 0) is 4.79 Å². The van der Waals surface area contributed by atoms with Crippen LogP contribution in [0.15, 0.2) is 60.7 Å². The Morgan fingerprint density at radius 2 is 1.59 bits per heavy atom. The van der Waals surface area contributed by atoms with Crippen molar-refractivity contribution in [2.24, 2.45) is 0 Å². The number of nitrogens with one attached hydrogen (secondary N) is 1. The van der Waals surface area contributed by atoms with Crippen LogP contribution in [0.4, 0.5) is 11.4 Å². The number of benzene rings is 2. The summed E-state index contributed by atoms with van der Waals surface area (Å²) in [6.07, 6.45) is 0. The average Bonchev–Trinajstić information content (AvgIpc) is 2.84. The van der Waals surface area contributed by atoms with Crippen LogP contribution in [0.3, 0.4) is 0 Å². The minimum absolute atomic E-state index is 0.137. The van der Waals surface area contributed by atoms with Crippen LogP contribution in [-0.4, -0.2) is 27.6 Å². The van der Waals surface area contributed by atoms with E-state index in [4.69, 9.17) is 24.4 Å². The van der Waals surface area contributed by atoms with Crippen molar-refractivity contribution < 1.29 is 4.79 Å². The summed E-state index contributed by atoms with van der Waals surface area (Å²) in [6, 6.07) is 19.0. The summed E-state index contributed by atoms with van der Waals surface area (Å²) in [4.78, 5) is 15.4. The van der Waals surface area contributed by atoms with E-state index < -0.39 is 0 Å². The topological polar surface area (TPSA) is 35.6 Å². The Bertz CT molecular complexity index is 719. The number of para-hydroxylation sites is 2. The normalized spacial score (nSPS) is 14.4. The summed E-state index contributed by atoms with van der Waals surface area (Å²) in [7, 11) is 0. The van der Waals surface area contributed by atoms with Gasteiger partial charge in [-0.2, -0.15) is 0 Å². The predicted molar refractivity (Wildman–Crippen MR) is 95.9 cm³/mol. The fraction of sp³-hybridized carbons (Fsp3) is 0.0625. The van der Waals surface area contributed by atoms with Crippen molar-refractivity contribution in [3.05, 3.63) is 60.7 Å². The van der Waals surface area contributed by atoms with Gasteiger partial charge in [0.15, 0.2) is 10.2 Å². The van der Waals surface area contributed by atoms with Gasteiger partial charge in [-0.25, -0.2) is 4.90 Å². The fourth-order valence-electron chi connectivity index (χ4n) is 2.21. The molecular weight excluding hydrogens is 314 g/mol. The van der Waals surface area contributed by atoms with Crippen LogP contribution in [0.2, 0.25) is 0 Å². The number of carbonyl (C=O) groups excluding carboxylic acids is 1. The molecule has 0 bridgehead atoms. The summed E-state index contributed by atoms with van der Waals surface area (Å²) >= 11 is 10.7. The lowest BCUT2D eigenvalue weighted by molar-refractivity contribution is -0.121. The van der Waals surface area contributed by atoms with Crippen molar-refractivity contribution in [2.75, 3.05) is 16.8 Å². The van der Waals surface area contributed by atoms with Gasteiger partial charge < -0.3 is 10.2 Å². The maximum absolute atomic E-state index is 12.3. The maximum Gasteiger partial charge on any atom is 0.255 e. The van der Waals surface area contributed by atoms with Gasteiger partial charge in [-0.1, -0.05) is 36.4 Å². The molecule has 1 heterocycles. The molecule has 0 aromatic heterocycles. The third-order valence-electron chi connectivity index (χ3n) is 3.26. The predicted octanol–water partition coefficient (Wildman–Crippen LogP) is 3.02. The molecule has 0 aliphatic carbocycles.